The molecule has 0 unspecified atom stereocenters. The minimum Gasteiger partial charge on any atom is -0.205 e. The van der Waals surface area contributed by atoms with Gasteiger partial charge in [-0.1, -0.05) is 29.8 Å². The zero-order chi connectivity index (χ0) is 9.90. The molecule has 1 aromatic carbocycles. The van der Waals surface area contributed by atoms with Crippen LogP contribution in [0.25, 0.3) is 0 Å². The number of benzene rings is 1. The molecule has 0 saturated heterocycles. The highest BCUT2D eigenvalue weighted by atomic mass is 32.2. The van der Waals surface area contributed by atoms with Crippen molar-refractivity contribution in [2.24, 2.45) is 4.40 Å². The fraction of sp³-hybridized carbons (Fsp3) is 0.222. The molecule has 0 radical (unpaired) electrons. The highest BCUT2D eigenvalue weighted by molar-refractivity contribution is 7.89. The number of aryl methyl sites for hydroxylation is 1. The van der Waals surface area contributed by atoms with Gasteiger partial charge in [-0.05, 0) is 12.5 Å². The van der Waals surface area contributed by atoms with Gasteiger partial charge in [-0.3, -0.25) is 0 Å². The molecule has 0 aliphatic heterocycles. The molecule has 0 amide bonds. The second-order valence-corrected chi connectivity index (χ2v) is 4.56. The molecular weight excluding hydrogens is 186 g/mol. The quantitative estimate of drug-likeness (QED) is 0.672. The molecule has 0 aromatic heterocycles. The van der Waals surface area contributed by atoms with Crippen LogP contribution in [0.15, 0.2) is 28.7 Å². The second-order valence-electron chi connectivity index (χ2n) is 2.88. The van der Waals surface area contributed by atoms with Crippen molar-refractivity contribution in [3.8, 4) is 0 Å². The zero-order valence-electron chi connectivity index (χ0n) is 7.56. The van der Waals surface area contributed by atoms with Crippen LogP contribution in [0, 0.1) is 6.92 Å². The number of hydrogen-bond acceptors (Lipinski definition) is 2. The van der Waals surface area contributed by atoms with Crippen LogP contribution in [0.4, 0.5) is 0 Å². The van der Waals surface area contributed by atoms with E-state index >= 15 is 0 Å². The molecule has 1 rings (SSSR count). The Kier molecular flexibility index (Phi) is 2.83. The lowest BCUT2D eigenvalue weighted by Gasteiger charge is -1.93. The van der Waals surface area contributed by atoms with Gasteiger partial charge in [0.25, 0.3) is 0 Å². The van der Waals surface area contributed by atoms with Gasteiger partial charge in [0.15, 0.2) is 0 Å². The van der Waals surface area contributed by atoms with E-state index in [0.29, 0.717) is 0 Å². The average molecular weight is 197 g/mol. The van der Waals surface area contributed by atoms with Crippen LogP contribution in [0.5, 0.6) is 0 Å². The van der Waals surface area contributed by atoms with Gasteiger partial charge < -0.3 is 0 Å². The molecule has 70 valence electrons. The van der Waals surface area contributed by atoms with Crippen molar-refractivity contribution in [1.29, 1.82) is 0 Å². The lowest BCUT2D eigenvalue weighted by molar-refractivity contribution is 0.604. The molecule has 0 atom stereocenters. The van der Waals surface area contributed by atoms with Crippen molar-refractivity contribution in [2.45, 2.75) is 6.92 Å². The van der Waals surface area contributed by atoms with Crippen LogP contribution >= 0.6 is 0 Å². The van der Waals surface area contributed by atoms with Gasteiger partial charge in [-0.25, -0.2) is 8.42 Å². The summed E-state index contributed by atoms with van der Waals surface area (Å²) in [5.74, 6) is 0. The Bertz CT molecular complexity index is 404. The van der Waals surface area contributed by atoms with E-state index in [9.17, 15) is 8.42 Å². The number of nitrogens with zero attached hydrogens (tertiary/aromatic N) is 1. The van der Waals surface area contributed by atoms with Gasteiger partial charge in [-0.2, -0.15) is 4.40 Å². The summed E-state index contributed by atoms with van der Waals surface area (Å²) in [6, 6.07) is 7.46. The number of rotatable bonds is 2. The third-order valence-corrected chi connectivity index (χ3v) is 1.96. The molecule has 3 nitrogen and oxygen atoms in total. The summed E-state index contributed by atoms with van der Waals surface area (Å²) in [7, 11) is -3.26. The van der Waals surface area contributed by atoms with Crippen molar-refractivity contribution in [3.05, 3.63) is 35.4 Å². The van der Waals surface area contributed by atoms with E-state index < -0.39 is 10.0 Å². The van der Waals surface area contributed by atoms with Crippen LogP contribution in [0.3, 0.4) is 0 Å². The Labute approximate surface area is 78.2 Å². The summed E-state index contributed by atoms with van der Waals surface area (Å²) in [6.07, 6.45) is 2.41. The predicted molar refractivity (Wildman–Crippen MR) is 53.6 cm³/mol. The Morgan fingerprint density at radius 3 is 2.23 bits per heavy atom. The number of hydrogen-bond donors (Lipinski definition) is 0. The lowest BCUT2D eigenvalue weighted by atomic mass is 10.2. The van der Waals surface area contributed by atoms with Crippen molar-refractivity contribution in [1.82, 2.24) is 0 Å². The highest BCUT2D eigenvalue weighted by Crippen LogP contribution is 2.00. The first-order valence-electron chi connectivity index (χ1n) is 3.79. The fourth-order valence-corrected chi connectivity index (χ4v) is 1.12. The Morgan fingerprint density at radius 1 is 1.23 bits per heavy atom. The monoisotopic (exact) mass is 197 g/mol. The molecule has 0 bridgehead atoms. The lowest BCUT2D eigenvalue weighted by Crippen LogP contribution is -1.91. The van der Waals surface area contributed by atoms with Crippen LogP contribution < -0.4 is 0 Å². The van der Waals surface area contributed by atoms with E-state index in [2.05, 4.69) is 4.40 Å². The smallest absolute Gasteiger partial charge is 0.205 e. The fourth-order valence-electron chi connectivity index (χ4n) is 0.809. The standard InChI is InChI=1S/C9H11NO2S/c1-8-3-5-9(6-4-8)7-10-13(2,11)12/h3-7H,1-2H3/b10-7+. The Morgan fingerprint density at radius 2 is 1.77 bits per heavy atom. The van der Waals surface area contributed by atoms with E-state index in [1.807, 2.05) is 31.2 Å². The van der Waals surface area contributed by atoms with E-state index in [4.69, 9.17) is 0 Å². The van der Waals surface area contributed by atoms with Gasteiger partial charge in [0, 0.05) is 6.21 Å². The highest BCUT2D eigenvalue weighted by Gasteiger charge is 1.93. The minimum atomic E-state index is -3.26. The molecule has 0 heterocycles. The van der Waals surface area contributed by atoms with Crippen LogP contribution in [0.2, 0.25) is 0 Å². The van der Waals surface area contributed by atoms with E-state index in [1.165, 1.54) is 6.21 Å². The molecule has 4 heteroatoms. The number of sulfonamides is 1. The maximum Gasteiger partial charge on any atom is 0.250 e. The minimum absolute atomic E-state index is 0.788. The van der Waals surface area contributed by atoms with Gasteiger partial charge in [0.2, 0.25) is 10.0 Å². The topological polar surface area (TPSA) is 46.5 Å². The zero-order valence-corrected chi connectivity index (χ0v) is 8.38. The molecule has 0 spiro atoms. The van der Waals surface area contributed by atoms with Crippen molar-refractivity contribution < 1.29 is 8.42 Å². The Balaban J connectivity index is 2.88. The third kappa shape index (κ3) is 3.85. The molecule has 0 fully saturated rings. The normalized spacial score (nSPS) is 12.2. The summed E-state index contributed by atoms with van der Waals surface area (Å²) >= 11 is 0. The van der Waals surface area contributed by atoms with Crippen LogP contribution in [-0.4, -0.2) is 20.9 Å². The molecule has 0 N–H and O–H groups in total. The average Bonchev–Trinajstić information content (AvgIpc) is 2.02. The van der Waals surface area contributed by atoms with Gasteiger partial charge in [-0.15, -0.1) is 0 Å². The van der Waals surface area contributed by atoms with Crippen molar-refractivity contribution in [2.75, 3.05) is 6.26 Å². The summed E-state index contributed by atoms with van der Waals surface area (Å²) < 4.78 is 24.8. The largest absolute Gasteiger partial charge is 0.250 e. The first-order chi connectivity index (χ1) is 5.97. The molecule has 0 aliphatic rings. The summed E-state index contributed by atoms with van der Waals surface area (Å²) in [4.78, 5) is 0. The SMILES string of the molecule is Cc1ccc(/C=N/S(C)(=O)=O)cc1. The summed E-state index contributed by atoms with van der Waals surface area (Å²) in [5, 5.41) is 0. The van der Waals surface area contributed by atoms with Gasteiger partial charge in [0.1, 0.15) is 0 Å². The van der Waals surface area contributed by atoms with Crippen LogP contribution in [0.1, 0.15) is 11.1 Å². The molecule has 0 saturated carbocycles. The van der Waals surface area contributed by atoms with Crippen molar-refractivity contribution in [3.63, 3.8) is 0 Å². The Hall–Kier alpha value is -1.16. The molecular formula is C9H11NO2S. The van der Waals surface area contributed by atoms with Crippen molar-refractivity contribution >= 4 is 16.2 Å². The molecule has 1 aromatic rings. The maximum atomic E-state index is 10.7. The summed E-state index contributed by atoms with van der Waals surface area (Å²) in [6.45, 7) is 1.97. The first kappa shape index (κ1) is 9.92. The third-order valence-electron chi connectivity index (χ3n) is 1.47. The molecule has 13 heavy (non-hydrogen) atoms. The van der Waals surface area contributed by atoms with E-state index in [1.54, 1.807) is 0 Å². The van der Waals surface area contributed by atoms with E-state index in [-0.39, 0.29) is 0 Å². The molecule has 0 aliphatic carbocycles. The van der Waals surface area contributed by atoms with Gasteiger partial charge >= 0.3 is 0 Å². The maximum absolute atomic E-state index is 10.7. The van der Waals surface area contributed by atoms with Crippen LogP contribution in [-0.2, 0) is 10.0 Å². The van der Waals surface area contributed by atoms with Gasteiger partial charge in [0.05, 0.1) is 6.26 Å². The predicted octanol–water partition coefficient (Wildman–Crippen LogP) is 1.37. The second kappa shape index (κ2) is 3.70. The van der Waals surface area contributed by atoms with E-state index in [0.717, 1.165) is 17.4 Å². The first-order valence-corrected chi connectivity index (χ1v) is 5.64. The summed E-state index contributed by atoms with van der Waals surface area (Å²) in [5.41, 5.74) is 1.92.